The SMILES string of the molecule is CCOC(=O)CSC(CC)C(=O)O. The lowest BCUT2D eigenvalue weighted by Gasteiger charge is -2.07. The molecule has 0 heterocycles. The molecule has 0 aromatic heterocycles. The van der Waals surface area contributed by atoms with Crippen molar-refractivity contribution >= 4 is 23.7 Å². The summed E-state index contributed by atoms with van der Waals surface area (Å²) in [6, 6.07) is 0. The van der Waals surface area contributed by atoms with E-state index in [2.05, 4.69) is 4.74 Å². The van der Waals surface area contributed by atoms with Gasteiger partial charge in [-0.2, -0.15) is 0 Å². The van der Waals surface area contributed by atoms with Gasteiger partial charge in [-0.25, -0.2) is 0 Å². The molecule has 1 N–H and O–H groups in total. The quantitative estimate of drug-likeness (QED) is 0.660. The van der Waals surface area contributed by atoms with Crippen molar-refractivity contribution in [1.82, 2.24) is 0 Å². The maximum absolute atomic E-state index is 10.9. The summed E-state index contributed by atoms with van der Waals surface area (Å²) < 4.78 is 4.66. The molecule has 0 spiro atoms. The molecule has 0 radical (unpaired) electrons. The number of aliphatic carboxylic acids is 1. The van der Waals surface area contributed by atoms with Crippen LogP contribution in [0.1, 0.15) is 20.3 Å². The molecule has 5 heteroatoms. The number of carbonyl (C=O) groups excluding carboxylic acids is 1. The molecule has 1 atom stereocenters. The van der Waals surface area contributed by atoms with Crippen LogP contribution in [0.2, 0.25) is 0 Å². The Morgan fingerprint density at radius 3 is 2.46 bits per heavy atom. The van der Waals surface area contributed by atoms with Crippen molar-refractivity contribution in [2.45, 2.75) is 25.5 Å². The van der Waals surface area contributed by atoms with Gasteiger partial charge >= 0.3 is 11.9 Å². The predicted molar refractivity (Wildman–Crippen MR) is 50.8 cm³/mol. The molecular weight excluding hydrogens is 192 g/mol. The van der Waals surface area contributed by atoms with Gasteiger partial charge in [0.1, 0.15) is 5.25 Å². The molecule has 4 nitrogen and oxygen atoms in total. The van der Waals surface area contributed by atoms with Gasteiger partial charge in [0.15, 0.2) is 0 Å². The van der Waals surface area contributed by atoms with E-state index in [-0.39, 0.29) is 11.7 Å². The van der Waals surface area contributed by atoms with E-state index in [0.717, 1.165) is 11.8 Å². The summed E-state index contributed by atoms with van der Waals surface area (Å²) in [6.07, 6.45) is 0.513. The van der Waals surface area contributed by atoms with E-state index in [9.17, 15) is 9.59 Å². The number of esters is 1. The van der Waals surface area contributed by atoms with E-state index in [1.807, 2.05) is 0 Å². The standard InChI is InChI=1S/C8H14O4S/c1-3-6(8(10)11)13-5-7(9)12-4-2/h6H,3-5H2,1-2H3,(H,10,11). The molecule has 0 aliphatic rings. The minimum Gasteiger partial charge on any atom is -0.480 e. The average molecular weight is 206 g/mol. The zero-order valence-electron chi connectivity index (χ0n) is 7.78. The van der Waals surface area contributed by atoms with Crippen molar-refractivity contribution in [2.24, 2.45) is 0 Å². The molecule has 13 heavy (non-hydrogen) atoms. The third-order valence-electron chi connectivity index (χ3n) is 1.35. The second kappa shape index (κ2) is 6.77. The summed E-state index contributed by atoms with van der Waals surface area (Å²) in [5.74, 6) is -1.12. The molecule has 0 rings (SSSR count). The van der Waals surface area contributed by atoms with Crippen LogP contribution in [0.4, 0.5) is 0 Å². The smallest absolute Gasteiger partial charge is 0.316 e. The molecule has 0 aliphatic carbocycles. The lowest BCUT2D eigenvalue weighted by atomic mass is 10.3. The monoisotopic (exact) mass is 206 g/mol. The van der Waals surface area contributed by atoms with E-state index in [1.165, 1.54) is 0 Å². The molecule has 0 amide bonds. The Morgan fingerprint density at radius 1 is 1.46 bits per heavy atom. The Bertz CT molecular complexity index is 181. The first-order valence-corrected chi connectivity index (χ1v) is 5.16. The van der Waals surface area contributed by atoms with Crippen LogP contribution in [0.3, 0.4) is 0 Å². The number of hydrogen-bond donors (Lipinski definition) is 1. The summed E-state index contributed by atoms with van der Waals surface area (Å²) in [7, 11) is 0. The third kappa shape index (κ3) is 5.52. The molecule has 1 unspecified atom stereocenters. The van der Waals surface area contributed by atoms with Crippen LogP contribution in [-0.2, 0) is 14.3 Å². The van der Waals surface area contributed by atoms with Crippen LogP contribution < -0.4 is 0 Å². The highest BCUT2D eigenvalue weighted by Gasteiger charge is 2.17. The van der Waals surface area contributed by atoms with Gasteiger partial charge in [-0.3, -0.25) is 9.59 Å². The van der Waals surface area contributed by atoms with E-state index in [4.69, 9.17) is 5.11 Å². The second-order valence-electron chi connectivity index (χ2n) is 2.35. The van der Waals surface area contributed by atoms with Gasteiger partial charge in [-0.1, -0.05) is 6.92 Å². The van der Waals surface area contributed by atoms with Gasteiger partial charge in [0.05, 0.1) is 12.4 Å². The van der Waals surface area contributed by atoms with Crippen LogP contribution >= 0.6 is 11.8 Å². The molecule has 0 aromatic carbocycles. The number of ether oxygens (including phenoxy) is 1. The van der Waals surface area contributed by atoms with Gasteiger partial charge in [0.2, 0.25) is 0 Å². The van der Waals surface area contributed by atoms with Gasteiger partial charge in [-0.15, -0.1) is 11.8 Å². The molecule has 0 fully saturated rings. The lowest BCUT2D eigenvalue weighted by molar-refractivity contribution is -0.139. The maximum atomic E-state index is 10.9. The molecule has 0 aromatic rings. The first-order valence-electron chi connectivity index (χ1n) is 4.11. The Hall–Kier alpha value is -0.710. The summed E-state index contributed by atoms with van der Waals surface area (Å²) in [6.45, 7) is 3.83. The Labute approximate surface area is 81.6 Å². The summed E-state index contributed by atoms with van der Waals surface area (Å²) in [5, 5.41) is 8.13. The molecule has 0 saturated heterocycles. The van der Waals surface area contributed by atoms with Crippen molar-refractivity contribution < 1.29 is 19.4 Å². The summed E-state index contributed by atoms with van der Waals surface area (Å²) >= 11 is 1.10. The lowest BCUT2D eigenvalue weighted by Crippen LogP contribution is -2.18. The molecule has 0 bridgehead atoms. The van der Waals surface area contributed by atoms with Crippen molar-refractivity contribution in [1.29, 1.82) is 0 Å². The molecule has 0 aliphatic heterocycles. The number of carboxylic acids is 1. The normalized spacial score (nSPS) is 12.2. The Balaban J connectivity index is 3.72. The number of carbonyl (C=O) groups is 2. The van der Waals surface area contributed by atoms with Crippen LogP contribution in [0.25, 0.3) is 0 Å². The van der Waals surface area contributed by atoms with Crippen molar-refractivity contribution in [3.05, 3.63) is 0 Å². The molecular formula is C8H14O4S. The molecule has 0 saturated carbocycles. The van der Waals surface area contributed by atoms with Crippen LogP contribution in [0.5, 0.6) is 0 Å². The van der Waals surface area contributed by atoms with Crippen molar-refractivity contribution in [2.75, 3.05) is 12.4 Å². The van der Waals surface area contributed by atoms with Crippen LogP contribution in [-0.4, -0.2) is 34.7 Å². The minimum absolute atomic E-state index is 0.110. The zero-order valence-corrected chi connectivity index (χ0v) is 8.60. The average Bonchev–Trinajstić information content (AvgIpc) is 2.05. The number of thioether (sulfide) groups is 1. The van der Waals surface area contributed by atoms with E-state index in [1.54, 1.807) is 13.8 Å². The minimum atomic E-state index is -0.878. The second-order valence-corrected chi connectivity index (χ2v) is 3.54. The fourth-order valence-corrected chi connectivity index (χ4v) is 1.53. The Morgan fingerprint density at radius 2 is 2.08 bits per heavy atom. The van der Waals surface area contributed by atoms with E-state index >= 15 is 0 Å². The Kier molecular flexibility index (Phi) is 6.40. The highest BCUT2D eigenvalue weighted by Crippen LogP contribution is 2.14. The van der Waals surface area contributed by atoms with Crippen LogP contribution in [0.15, 0.2) is 0 Å². The first kappa shape index (κ1) is 12.3. The van der Waals surface area contributed by atoms with Gasteiger partial charge < -0.3 is 9.84 Å². The maximum Gasteiger partial charge on any atom is 0.316 e. The first-order chi connectivity index (χ1) is 6.11. The fraction of sp³-hybridized carbons (Fsp3) is 0.750. The number of hydrogen-bond acceptors (Lipinski definition) is 4. The van der Waals surface area contributed by atoms with Crippen molar-refractivity contribution in [3.63, 3.8) is 0 Å². The number of rotatable bonds is 6. The van der Waals surface area contributed by atoms with Crippen LogP contribution in [0, 0.1) is 0 Å². The van der Waals surface area contributed by atoms with Crippen molar-refractivity contribution in [3.8, 4) is 0 Å². The third-order valence-corrected chi connectivity index (χ3v) is 2.69. The van der Waals surface area contributed by atoms with Gasteiger partial charge in [-0.05, 0) is 13.3 Å². The van der Waals surface area contributed by atoms with Gasteiger partial charge in [0, 0.05) is 0 Å². The topological polar surface area (TPSA) is 63.6 Å². The fourth-order valence-electron chi connectivity index (χ4n) is 0.735. The largest absolute Gasteiger partial charge is 0.480 e. The number of carboxylic acid groups (broad SMARTS) is 1. The van der Waals surface area contributed by atoms with Gasteiger partial charge in [0.25, 0.3) is 0 Å². The zero-order chi connectivity index (χ0) is 10.3. The van der Waals surface area contributed by atoms with E-state index in [0.29, 0.717) is 13.0 Å². The highest BCUT2D eigenvalue weighted by molar-refractivity contribution is 8.01. The summed E-state index contributed by atoms with van der Waals surface area (Å²) in [4.78, 5) is 21.4. The van der Waals surface area contributed by atoms with E-state index < -0.39 is 11.2 Å². The summed E-state index contributed by atoms with van der Waals surface area (Å²) in [5.41, 5.74) is 0. The predicted octanol–water partition coefficient (Wildman–Crippen LogP) is 1.15. The molecule has 76 valence electrons. The highest BCUT2D eigenvalue weighted by atomic mass is 32.2.